The first-order valence-corrected chi connectivity index (χ1v) is 7.79. The minimum Gasteiger partial charge on any atom is -0.427 e. The van der Waals surface area contributed by atoms with Crippen molar-refractivity contribution in [1.29, 1.82) is 0 Å². The molecule has 0 aliphatic rings. The summed E-state index contributed by atoms with van der Waals surface area (Å²) in [6, 6.07) is 11.1. The van der Waals surface area contributed by atoms with Crippen LogP contribution in [0, 0.1) is 6.92 Å². The summed E-state index contributed by atoms with van der Waals surface area (Å²) in [6.45, 7) is 4.02. The molecule has 110 valence electrons. The van der Waals surface area contributed by atoms with Gasteiger partial charge in [0.05, 0.1) is 11.3 Å². The fourth-order valence-corrected chi connectivity index (χ4v) is 2.73. The molecule has 0 fully saturated rings. The maximum absolute atomic E-state index is 11.9. The lowest BCUT2D eigenvalue weighted by Gasteiger charge is -2.04. The predicted octanol–water partition coefficient (Wildman–Crippen LogP) is 4.19. The molecular weight excluding hydrogens is 284 g/mol. The number of carbonyl (C=O) groups is 2. The van der Waals surface area contributed by atoms with E-state index in [1.807, 2.05) is 25.1 Å². The van der Waals surface area contributed by atoms with E-state index in [2.05, 4.69) is 6.92 Å². The van der Waals surface area contributed by atoms with Gasteiger partial charge in [0.2, 0.25) is 0 Å². The summed E-state index contributed by atoms with van der Waals surface area (Å²) in [7, 11) is 0. The van der Waals surface area contributed by atoms with Crippen LogP contribution in [0.15, 0.2) is 36.4 Å². The standard InChI is InChI=1S/C17H18O3S/c1-3-13-5-7-14(8-6-13)20-17(19)11-9-15(18)16-10-4-12(2)21-16/h4-8,10H,3,9,11H2,1-2H3. The van der Waals surface area contributed by atoms with Gasteiger partial charge in [0.15, 0.2) is 5.78 Å². The number of thiophene rings is 1. The van der Waals surface area contributed by atoms with Gasteiger partial charge in [-0.25, -0.2) is 0 Å². The third-order valence-corrected chi connectivity index (χ3v) is 4.18. The molecule has 0 aliphatic carbocycles. The van der Waals surface area contributed by atoms with Gasteiger partial charge in [0.25, 0.3) is 0 Å². The van der Waals surface area contributed by atoms with Gasteiger partial charge in [-0.15, -0.1) is 11.3 Å². The number of Topliss-reactive ketones (excluding diaryl/α,β-unsaturated/α-hetero) is 1. The lowest BCUT2D eigenvalue weighted by molar-refractivity contribution is -0.134. The summed E-state index contributed by atoms with van der Waals surface area (Å²) in [4.78, 5) is 25.4. The van der Waals surface area contributed by atoms with E-state index in [4.69, 9.17) is 4.74 Å². The van der Waals surface area contributed by atoms with Crippen molar-refractivity contribution in [2.24, 2.45) is 0 Å². The first-order chi connectivity index (χ1) is 10.1. The molecule has 0 amide bonds. The van der Waals surface area contributed by atoms with Crippen LogP contribution >= 0.6 is 11.3 Å². The normalized spacial score (nSPS) is 10.4. The number of ether oxygens (including phenoxy) is 1. The molecule has 1 heterocycles. The van der Waals surface area contributed by atoms with Crippen LogP contribution in [-0.2, 0) is 11.2 Å². The number of benzene rings is 1. The maximum atomic E-state index is 11.9. The van der Waals surface area contributed by atoms with Crippen molar-refractivity contribution < 1.29 is 14.3 Å². The Morgan fingerprint density at radius 2 is 1.76 bits per heavy atom. The van der Waals surface area contributed by atoms with Crippen molar-refractivity contribution in [3.63, 3.8) is 0 Å². The topological polar surface area (TPSA) is 43.4 Å². The fourth-order valence-electron chi connectivity index (χ4n) is 1.90. The Hall–Kier alpha value is -1.94. The maximum Gasteiger partial charge on any atom is 0.311 e. The molecular formula is C17H18O3S. The molecule has 0 radical (unpaired) electrons. The smallest absolute Gasteiger partial charge is 0.311 e. The van der Waals surface area contributed by atoms with Crippen LogP contribution in [-0.4, -0.2) is 11.8 Å². The van der Waals surface area contributed by atoms with Gasteiger partial charge in [0, 0.05) is 11.3 Å². The third-order valence-electron chi connectivity index (χ3n) is 3.13. The summed E-state index contributed by atoms with van der Waals surface area (Å²) in [6.07, 6.45) is 1.24. The van der Waals surface area contributed by atoms with Crippen LogP contribution in [0.3, 0.4) is 0 Å². The van der Waals surface area contributed by atoms with Crippen LogP contribution in [0.1, 0.15) is 39.9 Å². The van der Waals surface area contributed by atoms with Crippen LogP contribution in [0.2, 0.25) is 0 Å². The lowest BCUT2D eigenvalue weighted by atomic mass is 10.2. The Morgan fingerprint density at radius 1 is 1.05 bits per heavy atom. The van der Waals surface area contributed by atoms with E-state index in [9.17, 15) is 9.59 Å². The molecule has 0 saturated carbocycles. The van der Waals surface area contributed by atoms with E-state index >= 15 is 0 Å². The highest BCUT2D eigenvalue weighted by Gasteiger charge is 2.12. The third kappa shape index (κ3) is 4.53. The van der Waals surface area contributed by atoms with E-state index in [1.54, 1.807) is 18.2 Å². The predicted molar refractivity (Wildman–Crippen MR) is 84.1 cm³/mol. The molecule has 3 nitrogen and oxygen atoms in total. The van der Waals surface area contributed by atoms with Crippen molar-refractivity contribution in [1.82, 2.24) is 0 Å². The van der Waals surface area contributed by atoms with E-state index in [0.717, 1.165) is 11.3 Å². The van der Waals surface area contributed by atoms with Crippen LogP contribution in [0.4, 0.5) is 0 Å². The van der Waals surface area contributed by atoms with Crippen molar-refractivity contribution in [2.45, 2.75) is 33.1 Å². The van der Waals surface area contributed by atoms with Crippen LogP contribution < -0.4 is 4.74 Å². The van der Waals surface area contributed by atoms with E-state index in [1.165, 1.54) is 16.9 Å². The monoisotopic (exact) mass is 302 g/mol. The average molecular weight is 302 g/mol. The molecule has 0 unspecified atom stereocenters. The first kappa shape index (κ1) is 15.4. The minimum atomic E-state index is -0.374. The molecule has 0 aliphatic heterocycles. The molecule has 0 saturated heterocycles. The van der Waals surface area contributed by atoms with Crippen molar-refractivity contribution in [3.8, 4) is 5.75 Å². The molecule has 1 aromatic heterocycles. The van der Waals surface area contributed by atoms with Gasteiger partial charge in [-0.1, -0.05) is 19.1 Å². The number of aryl methyl sites for hydroxylation is 2. The molecule has 0 N–H and O–H groups in total. The Morgan fingerprint density at radius 3 is 2.33 bits per heavy atom. The number of rotatable bonds is 6. The second-order valence-electron chi connectivity index (χ2n) is 4.81. The number of hydrogen-bond acceptors (Lipinski definition) is 4. The molecule has 1 aromatic carbocycles. The quantitative estimate of drug-likeness (QED) is 0.456. The summed E-state index contributed by atoms with van der Waals surface area (Å²) >= 11 is 1.45. The molecule has 21 heavy (non-hydrogen) atoms. The van der Waals surface area contributed by atoms with Crippen LogP contribution in [0.25, 0.3) is 0 Å². The largest absolute Gasteiger partial charge is 0.427 e. The average Bonchev–Trinajstić information content (AvgIpc) is 2.92. The number of ketones is 1. The number of esters is 1. The number of hydrogen-bond donors (Lipinski definition) is 0. The fraction of sp³-hybridized carbons (Fsp3) is 0.294. The number of carbonyl (C=O) groups excluding carboxylic acids is 2. The zero-order valence-corrected chi connectivity index (χ0v) is 13.0. The zero-order valence-electron chi connectivity index (χ0n) is 12.2. The molecule has 4 heteroatoms. The highest BCUT2D eigenvalue weighted by molar-refractivity contribution is 7.14. The molecule has 2 rings (SSSR count). The van der Waals surface area contributed by atoms with Gasteiger partial charge in [0.1, 0.15) is 5.75 Å². The van der Waals surface area contributed by atoms with Crippen LogP contribution in [0.5, 0.6) is 5.75 Å². The summed E-state index contributed by atoms with van der Waals surface area (Å²) in [5.74, 6) is 0.142. The van der Waals surface area contributed by atoms with E-state index in [-0.39, 0.29) is 24.6 Å². The van der Waals surface area contributed by atoms with Crippen molar-refractivity contribution >= 4 is 23.1 Å². The van der Waals surface area contributed by atoms with Gasteiger partial charge in [-0.05, 0) is 43.2 Å². The van der Waals surface area contributed by atoms with Crippen molar-refractivity contribution in [3.05, 3.63) is 51.7 Å². The second-order valence-corrected chi connectivity index (χ2v) is 6.09. The molecule has 0 bridgehead atoms. The summed E-state index contributed by atoms with van der Waals surface area (Å²) in [5.41, 5.74) is 1.19. The Kier molecular flexibility index (Phi) is 5.28. The minimum absolute atomic E-state index is 0.00798. The summed E-state index contributed by atoms with van der Waals surface area (Å²) < 4.78 is 5.22. The zero-order chi connectivity index (χ0) is 15.2. The van der Waals surface area contributed by atoms with E-state index in [0.29, 0.717) is 10.6 Å². The Balaban J connectivity index is 1.82. The van der Waals surface area contributed by atoms with Gasteiger partial charge in [-0.2, -0.15) is 0 Å². The van der Waals surface area contributed by atoms with Gasteiger partial charge in [-0.3, -0.25) is 9.59 Å². The Bertz CT molecular complexity index is 626. The van der Waals surface area contributed by atoms with Gasteiger partial charge < -0.3 is 4.74 Å². The SMILES string of the molecule is CCc1ccc(OC(=O)CCC(=O)c2ccc(C)s2)cc1. The Labute approximate surface area is 128 Å². The molecule has 0 spiro atoms. The molecule has 2 aromatic rings. The first-order valence-electron chi connectivity index (χ1n) is 6.97. The highest BCUT2D eigenvalue weighted by atomic mass is 32.1. The van der Waals surface area contributed by atoms with E-state index < -0.39 is 0 Å². The van der Waals surface area contributed by atoms with Gasteiger partial charge >= 0.3 is 5.97 Å². The summed E-state index contributed by atoms with van der Waals surface area (Å²) in [5, 5.41) is 0. The van der Waals surface area contributed by atoms with Crippen molar-refractivity contribution in [2.75, 3.05) is 0 Å². The second kappa shape index (κ2) is 7.18. The molecule has 0 atom stereocenters. The lowest BCUT2D eigenvalue weighted by Crippen LogP contribution is -2.10. The highest BCUT2D eigenvalue weighted by Crippen LogP contribution is 2.18.